The van der Waals surface area contributed by atoms with Crippen molar-refractivity contribution in [1.29, 1.82) is 0 Å². The van der Waals surface area contributed by atoms with E-state index in [-0.39, 0.29) is 12.5 Å². The van der Waals surface area contributed by atoms with Gasteiger partial charge in [-0.25, -0.2) is 4.79 Å². The van der Waals surface area contributed by atoms with Gasteiger partial charge in [-0.05, 0) is 32.0 Å². The van der Waals surface area contributed by atoms with E-state index in [0.29, 0.717) is 12.2 Å². The zero-order chi connectivity index (χ0) is 18.3. The molecule has 0 aliphatic carbocycles. The van der Waals surface area contributed by atoms with Crippen molar-refractivity contribution in [3.05, 3.63) is 48.8 Å². The molecule has 2 unspecified atom stereocenters. The Morgan fingerprint density at radius 2 is 2.00 bits per heavy atom. The van der Waals surface area contributed by atoms with Gasteiger partial charge in [0.05, 0.1) is 12.1 Å². The minimum absolute atomic E-state index is 0.262. The minimum Gasteiger partial charge on any atom is -0.352 e. The number of rotatable bonds is 7. The third-order valence-electron chi connectivity index (χ3n) is 3.52. The molecule has 0 aliphatic rings. The summed E-state index contributed by atoms with van der Waals surface area (Å²) >= 11 is 0. The van der Waals surface area contributed by atoms with E-state index >= 15 is 0 Å². The minimum atomic E-state index is -0.691. The second-order valence-corrected chi connectivity index (χ2v) is 6.26. The molecule has 134 valence electrons. The number of para-hydroxylation sites is 1. The fourth-order valence-electron chi connectivity index (χ4n) is 2.21. The molecule has 2 atom stereocenters. The van der Waals surface area contributed by atoms with Gasteiger partial charge in [0, 0.05) is 24.6 Å². The SMILES string of the molecule is CC(NC(=O)Nc1ccccc1)C(=O)NCC(C)(N)Cn1cccn1. The van der Waals surface area contributed by atoms with Crippen LogP contribution in [0.2, 0.25) is 0 Å². The number of carbonyl (C=O) groups is 2. The van der Waals surface area contributed by atoms with Crippen molar-refractivity contribution in [2.75, 3.05) is 11.9 Å². The lowest BCUT2D eigenvalue weighted by Crippen LogP contribution is -2.54. The molecule has 0 bridgehead atoms. The summed E-state index contributed by atoms with van der Waals surface area (Å²) in [5, 5.41) is 12.1. The smallest absolute Gasteiger partial charge is 0.319 e. The number of nitrogens with zero attached hydrogens (tertiary/aromatic N) is 2. The lowest BCUT2D eigenvalue weighted by Gasteiger charge is -2.26. The first-order chi connectivity index (χ1) is 11.9. The quantitative estimate of drug-likeness (QED) is 0.598. The molecule has 2 aromatic rings. The van der Waals surface area contributed by atoms with Crippen LogP contribution in [0.25, 0.3) is 0 Å². The average Bonchev–Trinajstić information content (AvgIpc) is 3.05. The van der Waals surface area contributed by atoms with Gasteiger partial charge in [0.25, 0.3) is 0 Å². The van der Waals surface area contributed by atoms with Crippen LogP contribution in [0.3, 0.4) is 0 Å². The molecule has 25 heavy (non-hydrogen) atoms. The number of aromatic nitrogens is 2. The monoisotopic (exact) mass is 344 g/mol. The lowest BCUT2D eigenvalue weighted by molar-refractivity contribution is -0.122. The maximum atomic E-state index is 12.1. The van der Waals surface area contributed by atoms with Crippen LogP contribution in [-0.4, -0.2) is 39.8 Å². The van der Waals surface area contributed by atoms with E-state index in [9.17, 15) is 9.59 Å². The van der Waals surface area contributed by atoms with Crippen molar-refractivity contribution in [1.82, 2.24) is 20.4 Å². The van der Waals surface area contributed by atoms with Gasteiger partial charge in [-0.2, -0.15) is 5.10 Å². The summed E-state index contributed by atoms with van der Waals surface area (Å²) in [5.41, 5.74) is 6.18. The van der Waals surface area contributed by atoms with Gasteiger partial charge in [-0.1, -0.05) is 18.2 Å². The van der Waals surface area contributed by atoms with Crippen molar-refractivity contribution in [3.8, 4) is 0 Å². The van der Waals surface area contributed by atoms with Crippen molar-refractivity contribution < 1.29 is 9.59 Å². The van der Waals surface area contributed by atoms with E-state index < -0.39 is 17.6 Å². The largest absolute Gasteiger partial charge is 0.352 e. The molecule has 8 nitrogen and oxygen atoms in total. The highest BCUT2D eigenvalue weighted by molar-refractivity contribution is 5.93. The zero-order valence-electron chi connectivity index (χ0n) is 14.4. The first-order valence-corrected chi connectivity index (χ1v) is 8.02. The first-order valence-electron chi connectivity index (χ1n) is 8.02. The molecule has 3 amide bonds. The van der Waals surface area contributed by atoms with Gasteiger partial charge in [0.2, 0.25) is 5.91 Å². The van der Waals surface area contributed by atoms with Crippen LogP contribution in [0.4, 0.5) is 10.5 Å². The number of anilines is 1. The van der Waals surface area contributed by atoms with Crippen molar-refractivity contribution in [2.24, 2.45) is 5.73 Å². The summed E-state index contributed by atoms with van der Waals surface area (Å²) in [6, 6.07) is 9.68. The predicted molar refractivity (Wildman–Crippen MR) is 95.9 cm³/mol. The van der Waals surface area contributed by atoms with E-state index in [0.717, 1.165) is 0 Å². The van der Waals surface area contributed by atoms with E-state index in [1.165, 1.54) is 0 Å². The van der Waals surface area contributed by atoms with Gasteiger partial charge in [-0.15, -0.1) is 0 Å². The Hall–Kier alpha value is -2.87. The summed E-state index contributed by atoms with van der Waals surface area (Å²) < 4.78 is 1.71. The molecule has 2 rings (SSSR count). The summed E-state index contributed by atoms with van der Waals surface area (Å²) in [6.07, 6.45) is 3.48. The molecular formula is C17H24N6O2. The molecule has 1 aromatic heterocycles. The second-order valence-electron chi connectivity index (χ2n) is 6.26. The van der Waals surface area contributed by atoms with E-state index in [1.54, 1.807) is 29.9 Å². The third-order valence-corrected chi connectivity index (χ3v) is 3.52. The first kappa shape index (κ1) is 18.5. The molecule has 0 aliphatic heterocycles. The Labute approximate surface area is 146 Å². The van der Waals surface area contributed by atoms with Crippen LogP contribution in [0.1, 0.15) is 13.8 Å². The summed E-state index contributed by atoms with van der Waals surface area (Å²) in [7, 11) is 0. The topological polar surface area (TPSA) is 114 Å². The maximum Gasteiger partial charge on any atom is 0.319 e. The van der Waals surface area contributed by atoms with Crippen molar-refractivity contribution in [2.45, 2.75) is 32.0 Å². The molecule has 0 saturated carbocycles. The Balaban J connectivity index is 1.76. The summed E-state index contributed by atoms with van der Waals surface area (Å²) in [6.45, 7) is 4.17. The molecule has 8 heteroatoms. The number of hydrogen-bond donors (Lipinski definition) is 4. The highest BCUT2D eigenvalue weighted by Gasteiger charge is 2.23. The Kier molecular flexibility index (Phi) is 6.13. The van der Waals surface area contributed by atoms with E-state index in [1.807, 2.05) is 37.4 Å². The van der Waals surface area contributed by atoms with Crippen LogP contribution >= 0.6 is 0 Å². The summed E-state index contributed by atoms with van der Waals surface area (Å²) in [4.78, 5) is 24.1. The van der Waals surface area contributed by atoms with E-state index in [2.05, 4.69) is 21.0 Å². The Bertz CT molecular complexity index is 684. The number of benzene rings is 1. The normalized spacial score (nSPS) is 14.2. The van der Waals surface area contributed by atoms with Gasteiger partial charge >= 0.3 is 6.03 Å². The van der Waals surface area contributed by atoms with Crippen LogP contribution in [-0.2, 0) is 11.3 Å². The molecule has 1 aromatic carbocycles. The number of carbonyl (C=O) groups excluding carboxylic acids is 2. The number of hydrogen-bond acceptors (Lipinski definition) is 4. The van der Waals surface area contributed by atoms with Crippen molar-refractivity contribution >= 4 is 17.6 Å². The van der Waals surface area contributed by atoms with Crippen molar-refractivity contribution in [3.63, 3.8) is 0 Å². The molecule has 0 radical (unpaired) electrons. The van der Waals surface area contributed by atoms with Gasteiger partial charge in [0.1, 0.15) is 6.04 Å². The third kappa shape index (κ3) is 6.27. The van der Waals surface area contributed by atoms with Crippen LogP contribution in [0, 0.1) is 0 Å². The number of nitrogens with two attached hydrogens (primary N) is 1. The zero-order valence-corrected chi connectivity index (χ0v) is 14.4. The van der Waals surface area contributed by atoms with Gasteiger partial charge in [-0.3, -0.25) is 9.48 Å². The molecule has 0 fully saturated rings. The highest BCUT2D eigenvalue weighted by atomic mass is 16.2. The maximum absolute atomic E-state index is 12.1. The fraction of sp³-hybridized carbons (Fsp3) is 0.353. The Morgan fingerprint density at radius 3 is 2.64 bits per heavy atom. The number of amides is 3. The predicted octanol–water partition coefficient (Wildman–Crippen LogP) is 0.927. The molecular weight excluding hydrogens is 320 g/mol. The average molecular weight is 344 g/mol. The van der Waals surface area contributed by atoms with E-state index in [4.69, 9.17) is 5.73 Å². The standard InChI is InChI=1S/C17H24N6O2/c1-13(21-16(25)22-14-7-4-3-5-8-14)15(24)19-11-17(2,18)12-23-10-6-9-20-23/h3-10,13H,11-12,18H2,1-2H3,(H,19,24)(H2,21,22,25). The van der Waals surface area contributed by atoms with Gasteiger partial charge in [0.15, 0.2) is 0 Å². The van der Waals surface area contributed by atoms with Crippen LogP contribution < -0.4 is 21.7 Å². The lowest BCUT2D eigenvalue weighted by atomic mass is 10.0. The van der Waals surface area contributed by atoms with Crippen LogP contribution in [0.5, 0.6) is 0 Å². The van der Waals surface area contributed by atoms with Gasteiger partial charge < -0.3 is 21.7 Å². The Morgan fingerprint density at radius 1 is 1.28 bits per heavy atom. The van der Waals surface area contributed by atoms with Crippen LogP contribution in [0.15, 0.2) is 48.8 Å². The summed E-state index contributed by atoms with van der Waals surface area (Å²) in [5.74, 6) is -0.305. The highest BCUT2D eigenvalue weighted by Crippen LogP contribution is 2.05. The molecule has 0 spiro atoms. The molecule has 5 N–H and O–H groups in total. The molecule has 1 heterocycles. The molecule has 0 saturated heterocycles. The number of nitrogens with one attached hydrogen (secondary N) is 3. The fourth-order valence-corrected chi connectivity index (χ4v) is 2.21. The number of urea groups is 1. The second kappa shape index (κ2) is 8.29.